The summed E-state index contributed by atoms with van der Waals surface area (Å²) in [5.74, 6) is -0.0592. The first kappa shape index (κ1) is 16.3. The molecule has 2 aliphatic heterocycles. The maximum absolute atomic E-state index is 12.3. The maximum Gasteiger partial charge on any atom is 0.253 e. The highest BCUT2D eigenvalue weighted by atomic mass is 16.5. The largest absolute Gasteiger partial charge is 0.357 e. The van der Waals surface area contributed by atoms with E-state index < -0.39 is 6.10 Å². The summed E-state index contributed by atoms with van der Waals surface area (Å²) in [4.78, 5) is 14.7. The second-order valence-electron chi connectivity index (χ2n) is 6.96. The molecule has 1 unspecified atom stereocenters. The molecule has 2 heterocycles. The van der Waals surface area contributed by atoms with Gasteiger partial charge < -0.3 is 10.1 Å². The Hall–Kier alpha value is -2.17. The van der Waals surface area contributed by atoms with Crippen LogP contribution in [0.15, 0.2) is 54.6 Å². The third-order valence-electron chi connectivity index (χ3n) is 5.47. The number of hydrogen-bond donors (Lipinski definition) is 1. The van der Waals surface area contributed by atoms with Crippen molar-refractivity contribution in [1.29, 1.82) is 0 Å². The molecule has 4 heteroatoms. The van der Waals surface area contributed by atoms with Gasteiger partial charge in [0.05, 0.1) is 5.60 Å². The van der Waals surface area contributed by atoms with Crippen LogP contribution in [0.1, 0.15) is 35.6 Å². The number of likely N-dealkylation sites (tertiary alicyclic amines) is 1. The predicted molar refractivity (Wildman–Crippen MR) is 97.0 cm³/mol. The van der Waals surface area contributed by atoms with Crippen LogP contribution in [0.4, 0.5) is 0 Å². The first-order valence-electron chi connectivity index (χ1n) is 8.97. The molecule has 4 rings (SSSR count). The number of nitrogens with zero attached hydrogens (tertiary/aromatic N) is 1. The Morgan fingerprint density at radius 3 is 2.52 bits per heavy atom. The van der Waals surface area contributed by atoms with Crippen molar-refractivity contribution in [3.05, 3.63) is 71.3 Å². The molecule has 1 N–H and O–H groups in total. The molecule has 1 atom stereocenters. The number of ether oxygens (including phenoxy) is 1. The Morgan fingerprint density at radius 1 is 1.12 bits per heavy atom. The molecule has 0 bridgehead atoms. The van der Waals surface area contributed by atoms with Crippen LogP contribution < -0.4 is 5.32 Å². The van der Waals surface area contributed by atoms with E-state index in [1.54, 1.807) is 7.05 Å². The van der Waals surface area contributed by atoms with Gasteiger partial charge in [0.25, 0.3) is 5.91 Å². The van der Waals surface area contributed by atoms with Crippen LogP contribution in [-0.2, 0) is 21.7 Å². The number of carbonyl (C=O) groups excluding carboxylic acids is 1. The molecule has 0 aromatic heterocycles. The van der Waals surface area contributed by atoms with Gasteiger partial charge in [0.1, 0.15) is 0 Å². The Labute approximate surface area is 148 Å². The van der Waals surface area contributed by atoms with Gasteiger partial charge >= 0.3 is 0 Å². The zero-order chi connectivity index (χ0) is 17.3. The Bertz CT molecular complexity index is 752. The maximum atomic E-state index is 12.3. The zero-order valence-corrected chi connectivity index (χ0v) is 14.6. The van der Waals surface area contributed by atoms with E-state index in [1.807, 2.05) is 18.2 Å². The van der Waals surface area contributed by atoms with Crippen molar-refractivity contribution in [3.8, 4) is 0 Å². The fraction of sp³-hybridized carbons (Fsp3) is 0.381. The molecule has 1 fully saturated rings. The lowest BCUT2D eigenvalue weighted by atomic mass is 9.83. The molecule has 25 heavy (non-hydrogen) atoms. The molecular formula is C21H24N2O2. The van der Waals surface area contributed by atoms with Crippen LogP contribution in [0.25, 0.3) is 0 Å². The highest BCUT2D eigenvalue weighted by molar-refractivity contribution is 5.83. The molecule has 0 aliphatic carbocycles. The van der Waals surface area contributed by atoms with E-state index in [0.29, 0.717) is 0 Å². The predicted octanol–water partition coefficient (Wildman–Crippen LogP) is 3.00. The van der Waals surface area contributed by atoms with Crippen molar-refractivity contribution in [2.24, 2.45) is 0 Å². The van der Waals surface area contributed by atoms with Gasteiger partial charge in [-0.25, -0.2) is 0 Å². The van der Waals surface area contributed by atoms with Gasteiger partial charge in [-0.15, -0.1) is 0 Å². The summed E-state index contributed by atoms with van der Waals surface area (Å²) in [6.07, 6.45) is 1.36. The van der Waals surface area contributed by atoms with Crippen LogP contribution >= 0.6 is 0 Å². The van der Waals surface area contributed by atoms with Crippen LogP contribution in [0.5, 0.6) is 0 Å². The van der Waals surface area contributed by atoms with Gasteiger partial charge in [0.15, 0.2) is 6.10 Å². The summed E-state index contributed by atoms with van der Waals surface area (Å²) in [7, 11) is 1.67. The third kappa shape index (κ3) is 2.96. The quantitative estimate of drug-likeness (QED) is 0.937. The first-order chi connectivity index (χ1) is 12.2. The Kier molecular flexibility index (Phi) is 4.32. The highest BCUT2D eigenvalue weighted by Crippen LogP contribution is 2.49. The number of piperidine rings is 1. The van der Waals surface area contributed by atoms with Gasteiger partial charge in [-0.05, 0) is 29.5 Å². The molecular weight excluding hydrogens is 312 g/mol. The summed E-state index contributed by atoms with van der Waals surface area (Å²) in [6.45, 7) is 2.92. The minimum atomic E-state index is -0.484. The molecule has 130 valence electrons. The molecule has 2 aromatic carbocycles. The van der Waals surface area contributed by atoms with Gasteiger partial charge in [0, 0.05) is 26.7 Å². The first-order valence-corrected chi connectivity index (χ1v) is 8.97. The van der Waals surface area contributed by atoms with Crippen LogP contribution in [0, 0.1) is 0 Å². The van der Waals surface area contributed by atoms with Gasteiger partial charge in [-0.2, -0.15) is 0 Å². The second kappa shape index (κ2) is 6.62. The van der Waals surface area contributed by atoms with Crippen molar-refractivity contribution in [2.45, 2.75) is 31.1 Å². The second-order valence-corrected chi connectivity index (χ2v) is 6.96. The van der Waals surface area contributed by atoms with E-state index in [0.717, 1.165) is 38.0 Å². The number of carbonyl (C=O) groups is 1. The molecule has 0 radical (unpaired) electrons. The fourth-order valence-corrected chi connectivity index (χ4v) is 4.12. The van der Waals surface area contributed by atoms with Crippen molar-refractivity contribution >= 4 is 5.91 Å². The van der Waals surface area contributed by atoms with Gasteiger partial charge in [-0.3, -0.25) is 9.69 Å². The lowest BCUT2D eigenvalue weighted by molar-refractivity contribution is -0.150. The lowest BCUT2D eigenvalue weighted by Crippen LogP contribution is -2.42. The number of benzene rings is 2. The summed E-state index contributed by atoms with van der Waals surface area (Å²) >= 11 is 0. The van der Waals surface area contributed by atoms with E-state index in [9.17, 15) is 4.79 Å². The smallest absolute Gasteiger partial charge is 0.253 e. The molecule has 4 nitrogen and oxygen atoms in total. The monoisotopic (exact) mass is 336 g/mol. The number of amides is 1. The van der Waals surface area contributed by atoms with Crippen LogP contribution in [-0.4, -0.2) is 30.9 Å². The lowest BCUT2D eigenvalue weighted by Gasteiger charge is -2.39. The Balaban J connectivity index is 1.51. The van der Waals surface area contributed by atoms with Crippen molar-refractivity contribution in [1.82, 2.24) is 10.2 Å². The minimum Gasteiger partial charge on any atom is -0.357 e. The number of likely N-dealkylation sites (N-methyl/N-ethyl adjacent to an activating group) is 1. The zero-order valence-electron chi connectivity index (χ0n) is 14.6. The fourth-order valence-electron chi connectivity index (χ4n) is 4.12. The van der Waals surface area contributed by atoms with Crippen molar-refractivity contribution < 1.29 is 9.53 Å². The van der Waals surface area contributed by atoms with E-state index in [1.165, 1.54) is 11.1 Å². The average molecular weight is 336 g/mol. The molecule has 1 amide bonds. The Morgan fingerprint density at radius 2 is 1.80 bits per heavy atom. The molecule has 0 saturated carbocycles. The summed E-state index contributed by atoms with van der Waals surface area (Å²) in [5, 5.41) is 2.74. The number of nitrogens with one attached hydrogen (secondary N) is 1. The minimum absolute atomic E-state index is 0.0592. The van der Waals surface area contributed by atoms with E-state index in [4.69, 9.17) is 4.74 Å². The summed E-state index contributed by atoms with van der Waals surface area (Å²) in [5.41, 5.74) is 3.25. The highest BCUT2D eigenvalue weighted by Gasteiger charge is 2.48. The van der Waals surface area contributed by atoms with Crippen molar-refractivity contribution in [3.63, 3.8) is 0 Å². The topological polar surface area (TPSA) is 41.6 Å². The third-order valence-corrected chi connectivity index (χ3v) is 5.47. The van der Waals surface area contributed by atoms with E-state index >= 15 is 0 Å². The SMILES string of the molecule is CNC(=O)C1OC2(CCN(Cc3ccccc3)CC2)c2ccccc21. The van der Waals surface area contributed by atoms with Gasteiger partial charge in [-0.1, -0.05) is 54.6 Å². The van der Waals surface area contributed by atoms with E-state index in [2.05, 4.69) is 46.6 Å². The average Bonchev–Trinajstić information content (AvgIpc) is 2.99. The molecule has 1 saturated heterocycles. The van der Waals surface area contributed by atoms with Gasteiger partial charge in [0.2, 0.25) is 0 Å². The van der Waals surface area contributed by atoms with Crippen molar-refractivity contribution in [2.75, 3.05) is 20.1 Å². The molecule has 2 aromatic rings. The van der Waals surface area contributed by atoms with Crippen LogP contribution in [0.2, 0.25) is 0 Å². The summed E-state index contributed by atoms with van der Waals surface area (Å²) < 4.78 is 6.37. The standard InChI is InChI=1S/C21H24N2O2/c1-22-20(24)19-17-9-5-6-10-18(17)21(25-19)11-13-23(14-12-21)15-16-7-3-2-4-8-16/h2-10,19H,11-15H2,1H3,(H,22,24). The number of hydrogen-bond acceptors (Lipinski definition) is 3. The van der Waals surface area contributed by atoms with Crippen LogP contribution in [0.3, 0.4) is 0 Å². The molecule has 2 aliphatic rings. The normalized spacial score (nSPS) is 21.9. The van der Waals surface area contributed by atoms with E-state index in [-0.39, 0.29) is 11.5 Å². The molecule has 1 spiro atoms. The number of fused-ring (bicyclic) bond motifs is 2. The number of rotatable bonds is 3. The summed E-state index contributed by atoms with van der Waals surface area (Å²) in [6, 6.07) is 18.8.